The lowest BCUT2D eigenvalue weighted by molar-refractivity contribution is -1.93. The first-order valence-corrected chi connectivity index (χ1v) is 5.72. The summed E-state index contributed by atoms with van der Waals surface area (Å²) in [7, 11) is -4.81. The number of halogens is 1. The molecule has 0 saturated heterocycles. The van der Waals surface area contributed by atoms with Crippen molar-refractivity contribution < 1.29 is 38.3 Å². The molecule has 0 saturated carbocycles. The Morgan fingerprint density at radius 1 is 1.29 bits per heavy atom. The SMILES string of the molecule is NC(Cc1ccccc1)C(=O)OO[Cl+3]([O-])([O-])[O-]. The Morgan fingerprint density at radius 2 is 1.88 bits per heavy atom. The molecule has 0 amide bonds. The summed E-state index contributed by atoms with van der Waals surface area (Å²) in [6.07, 6.45) is 0.138. The van der Waals surface area contributed by atoms with Crippen LogP contribution in [0.5, 0.6) is 0 Å². The second-order valence-electron chi connectivity index (χ2n) is 3.14. The highest BCUT2D eigenvalue weighted by molar-refractivity contribution is 5.75. The molecule has 1 unspecified atom stereocenters. The Balaban J connectivity index is 2.43. The minimum atomic E-state index is -4.81. The summed E-state index contributed by atoms with van der Waals surface area (Å²) in [5, 5.41) is 0. The summed E-state index contributed by atoms with van der Waals surface area (Å²) in [4.78, 5) is 14.9. The zero-order valence-corrected chi connectivity index (χ0v) is 9.33. The number of carbonyl (C=O) groups is 1. The zero-order chi connectivity index (χ0) is 12.9. The van der Waals surface area contributed by atoms with Crippen molar-refractivity contribution in [2.24, 2.45) is 5.73 Å². The van der Waals surface area contributed by atoms with E-state index in [0.29, 0.717) is 0 Å². The molecule has 0 radical (unpaired) electrons. The number of rotatable bonds is 5. The van der Waals surface area contributed by atoms with Gasteiger partial charge in [-0.15, -0.1) is 0 Å². The normalized spacial score (nSPS) is 13.2. The van der Waals surface area contributed by atoms with Crippen LogP contribution in [0, 0.1) is 10.2 Å². The average Bonchev–Trinajstić information content (AvgIpc) is 2.26. The van der Waals surface area contributed by atoms with Crippen molar-refractivity contribution in [2.45, 2.75) is 12.5 Å². The predicted octanol–water partition coefficient (Wildman–Crippen LogP) is -3.07. The molecule has 1 aromatic carbocycles. The van der Waals surface area contributed by atoms with E-state index in [1.165, 1.54) is 0 Å². The van der Waals surface area contributed by atoms with Gasteiger partial charge in [-0.05, 0) is 12.0 Å². The van der Waals surface area contributed by atoms with Crippen molar-refractivity contribution in [3.8, 4) is 0 Å². The molecule has 1 atom stereocenters. The molecule has 94 valence electrons. The number of hydrogen-bond donors (Lipinski definition) is 1. The van der Waals surface area contributed by atoms with Crippen LogP contribution in [0.2, 0.25) is 0 Å². The van der Waals surface area contributed by atoms with Crippen LogP contribution in [0.25, 0.3) is 0 Å². The topological polar surface area (TPSA) is 131 Å². The van der Waals surface area contributed by atoms with Crippen LogP contribution in [0.15, 0.2) is 30.3 Å². The highest BCUT2D eigenvalue weighted by atomic mass is 35.7. The molecular weight excluding hydrogens is 254 g/mol. The van der Waals surface area contributed by atoms with E-state index in [2.05, 4.69) is 9.33 Å². The monoisotopic (exact) mass is 263 g/mol. The molecule has 0 bridgehead atoms. The van der Waals surface area contributed by atoms with Crippen LogP contribution < -0.4 is 19.7 Å². The van der Waals surface area contributed by atoms with Crippen molar-refractivity contribution in [3.05, 3.63) is 35.9 Å². The fourth-order valence-electron chi connectivity index (χ4n) is 1.08. The zero-order valence-electron chi connectivity index (χ0n) is 8.58. The lowest BCUT2D eigenvalue weighted by Gasteiger charge is -2.11. The maximum absolute atomic E-state index is 11.1. The predicted molar refractivity (Wildman–Crippen MR) is 45.3 cm³/mol. The fourth-order valence-corrected chi connectivity index (χ4v) is 1.22. The molecule has 0 aliphatic rings. The van der Waals surface area contributed by atoms with Crippen molar-refractivity contribution >= 4 is 5.97 Å². The first-order valence-electron chi connectivity index (χ1n) is 4.49. The summed E-state index contributed by atoms with van der Waals surface area (Å²) >= 11 is 0. The van der Waals surface area contributed by atoms with E-state index in [0.717, 1.165) is 5.56 Å². The first-order chi connectivity index (χ1) is 7.88. The van der Waals surface area contributed by atoms with Crippen LogP contribution in [-0.2, 0) is 20.5 Å². The molecule has 0 heterocycles. The molecule has 8 heteroatoms. The standard InChI is InChI=1S/C9H10ClNO6/c11-8(6-7-4-2-1-3-5-7)9(12)16-17-10(13,14)15/h1-5,8H,6,11H2. The third-order valence-corrected chi connectivity index (χ3v) is 2.01. The van der Waals surface area contributed by atoms with Gasteiger partial charge < -0.3 is 5.73 Å². The van der Waals surface area contributed by atoms with Gasteiger partial charge in [0.2, 0.25) is 0 Å². The molecule has 7 nitrogen and oxygen atoms in total. The molecule has 0 aromatic heterocycles. The van der Waals surface area contributed by atoms with E-state index in [4.69, 9.17) is 5.73 Å². The highest BCUT2D eigenvalue weighted by Gasteiger charge is 2.27. The lowest BCUT2D eigenvalue weighted by Crippen LogP contribution is -2.61. The van der Waals surface area contributed by atoms with E-state index in [-0.39, 0.29) is 6.42 Å². The van der Waals surface area contributed by atoms with E-state index < -0.39 is 22.3 Å². The Kier molecular flexibility index (Phi) is 4.82. The van der Waals surface area contributed by atoms with E-state index in [1.54, 1.807) is 30.3 Å². The second kappa shape index (κ2) is 5.92. The van der Waals surface area contributed by atoms with Crippen LogP contribution >= 0.6 is 0 Å². The van der Waals surface area contributed by atoms with Crippen LogP contribution in [0.1, 0.15) is 5.56 Å². The third-order valence-electron chi connectivity index (χ3n) is 1.79. The minimum absolute atomic E-state index is 0.138. The molecule has 2 N–H and O–H groups in total. The summed E-state index contributed by atoms with van der Waals surface area (Å²) in [5.41, 5.74) is 6.19. The van der Waals surface area contributed by atoms with Gasteiger partial charge in [-0.3, -0.25) is 0 Å². The smallest absolute Gasteiger partial charge is 0.318 e. The number of nitrogens with two attached hydrogens (primary N) is 1. The lowest BCUT2D eigenvalue weighted by atomic mass is 10.1. The highest BCUT2D eigenvalue weighted by Crippen LogP contribution is 2.03. The molecule has 1 aromatic rings. The molecule has 17 heavy (non-hydrogen) atoms. The van der Waals surface area contributed by atoms with Crippen molar-refractivity contribution in [1.82, 2.24) is 0 Å². The minimum Gasteiger partial charge on any atom is -0.318 e. The van der Waals surface area contributed by atoms with Gasteiger partial charge in [-0.25, -0.2) is 4.79 Å². The van der Waals surface area contributed by atoms with Gasteiger partial charge in [0.05, 0.1) is 0 Å². The van der Waals surface area contributed by atoms with Crippen LogP contribution in [0.3, 0.4) is 0 Å². The maximum Gasteiger partial charge on any atom is 0.375 e. The van der Waals surface area contributed by atoms with E-state index in [9.17, 15) is 18.8 Å². The van der Waals surface area contributed by atoms with Crippen molar-refractivity contribution in [3.63, 3.8) is 0 Å². The van der Waals surface area contributed by atoms with E-state index in [1.807, 2.05) is 0 Å². The van der Waals surface area contributed by atoms with Gasteiger partial charge in [-0.1, -0.05) is 30.3 Å². The van der Waals surface area contributed by atoms with E-state index >= 15 is 0 Å². The molecule has 1 rings (SSSR count). The van der Waals surface area contributed by atoms with Gasteiger partial charge in [0.15, 0.2) is 0 Å². The molecule has 0 aliphatic carbocycles. The second-order valence-corrected chi connectivity index (χ2v) is 4.02. The average molecular weight is 264 g/mol. The Bertz CT molecular complexity index is 365. The third kappa shape index (κ3) is 5.59. The number of carbonyl (C=O) groups excluding carboxylic acids is 1. The summed E-state index contributed by atoms with van der Waals surface area (Å²) in [6, 6.07) is 7.65. The maximum atomic E-state index is 11.1. The van der Waals surface area contributed by atoms with Crippen molar-refractivity contribution in [2.75, 3.05) is 0 Å². The van der Waals surface area contributed by atoms with Gasteiger partial charge in [0, 0.05) is 0 Å². The number of hydrogen-bond acceptors (Lipinski definition) is 7. The van der Waals surface area contributed by atoms with Gasteiger partial charge in [0.25, 0.3) is 0 Å². The van der Waals surface area contributed by atoms with Crippen LogP contribution in [-0.4, -0.2) is 12.0 Å². The summed E-state index contributed by atoms with van der Waals surface area (Å²) in [6.45, 7) is 0. The summed E-state index contributed by atoms with van der Waals surface area (Å²) in [5.74, 6) is -1.14. The molecule has 0 spiro atoms. The molecular formula is C9H10ClNO6. The molecule has 0 aliphatic heterocycles. The van der Waals surface area contributed by atoms with Gasteiger partial charge >= 0.3 is 10.4 Å². The quantitative estimate of drug-likeness (QED) is 0.440. The largest absolute Gasteiger partial charge is 0.375 e. The van der Waals surface area contributed by atoms with Crippen LogP contribution in [0.4, 0.5) is 0 Å². The Hall–Kier alpha value is -1.22. The van der Waals surface area contributed by atoms with Crippen molar-refractivity contribution in [1.29, 1.82) is 0 Å². The summed E-state index contributed by atoms with van der Waals surface area (Å²) < 4.78 is 33.3. The van der Waals surface area contributed by atoms with Gasteiger partial charge in [-0.2, -0.15) is 18.9 Å². The Labute approximate surface area is 99.0 Å². The first kappa shape index (κ1) is 13.8. The van der Waals surface area contributed by atoms with Gasteiger partial charge in [0.1, 0.15) is 16.3 Å². The fraction of sp³-hybridized carbons (Fsp3) is 0.222. The molecule has 0 fully saturated rings. The Morgan fingerprint density at radius 3 is 2.41 bits per heavy atom. The number of benzene rings is 1.